The number of hydrogen-bond donors (Lipinski definition) is 2. The number of carboxylic acid groups (broad SMARTS) is 1. The molecule has 6 nitrogen and oxygen atoms in total. The van der Waals surface area contributed by atoms with Crippen LogP contribution in [0.2, 0.25) is 5.02 Å². The third-order valence-electron chi connectivity index (χ3n) is 3.86. The maximum Gasteiger partial charge on any atom is 0.341 e. The minimum Gasteiger partial charge on any atom is -0.477 e. The Labute approximate surface area is 135 Å². The van der Waals surface area contributed by atoms with E-state index in [-0.39, 0.29) is 40.8 Å². The van der Waals surface area contributed by atoms with E-state index in [1.165, 1.54) is 18.3 Å². The number of anilines is 1. The van der Waals surface area contributed by atoms with Crippen molar-refractivity contribution in [2.24, 2.45) is 5.73 Å². The molecule has 8 heteroatoms. The summed E-state index contributed by atoms with van der Waals surface area (Å²) in [6.07, 6.45) is 3.14. The highest BCUT2D eigenvalue weighted by atomic mass is 35.5. The van der Waals surface area contributed by atoms with Gasteiger partial charge >= 0.3 is 5.97 Å². The lowest BCUT2D eigenvalue weighted by Crippen LogP contribution is -2.23. The normalized spacial score (nSPS) is 14.2. The molecule has 1 aromatic carbocycles. The molecule has 0 spiro atoms. The van der Waals surface area contributed by atoms with Gasteiger partial charge in [0.1, 0.15) is 5.56 Å². The molecule has 0 radical (unpaired) electrons. The molecule has 1 fully saturated rings. The van der Waals surface area contributed by atoms with Crippen LogP contribution in [0.15, 0.2) is 23.1 Å². The van der Waals surface area contributed by atoms with Crippen LogP contribution in [-0.2, 0) is 0 Å². The van der Waals surface area contributed by atoms with E-state index in [0.717, 1.165) is 12.8 Å². The number of carboxylic acids is 1. The number of nitrogens with two attached hydrogens (primary N) is 1. The molecule has 0 amide bonds. The van der Waals surface area contributed by atoms with Gasteiger partial charge in [-0.05, 0) is 25.0 Å². The third kappa shape index (κ3) is 2.77. The summed E-state index contributed by atoms with van der Waals surface area (Å²) in [6.45, 7) is -0.00694. The van der Waals surface area contributed by atoms with E-state index in [1.807, 2.05) is 0 Å². The molecule has 0 bridgehead atoms. The number of halogens is 2. The van der Waals surface area contributed by atoms with Crippen LogP contribution in [0.5, 0.6) is 0 Å². The van der Waals surface area contributed by atoms with Gasteiger partial charge in [0, 0.05) is 24.2 Å². The van der Waals surface area contributed by atoms with E-state index < -0.39 is 11.4 Å². The van der Waals surface area contributed by atoms with Crippen LogP contribution in [0.25, 0.3) is 10.9 Å². The largest absolute Gasteiger partial charge is 0.477 e. The molecule has 0 unspecified atom stereocenters. The summed E-state index contributed by atoms with van der Waals surface area (Å²) in [5, 5.41) is 9.86. The number of nitrogens with zero attached hydrogens (tertiary/aromatic N) is 2. The maximum absolute atomic E-state index is 14.0. The maximum atomic E-state index is 14.0. The van der Waals surface area contributed by atoms with Crippen LogP contribution in [0.3, 0.4) is 0 Å². The van der Waals surface area contributed by atoms with E-state index >= 15 is 0 Å². The fourth-order valence-electron chi connectivity index (χ4n) is 2.59. The standard InChI is InChI=1S/C15H15ClFN3O3/c16-11-6-12-9(5-13(11)20(17)4-3-18)14(21)10(15(22)23)7-19(12)8-1-2-8/h5-8H,1-4,18H2,(H,22,23). The SMILES string of the molecule is NCCN(F)c1cc2c(=O)c(C(=O)O)cn(C3CC3)c2cc1Cl. The number of hydrogen-bond acceptors (Lipinski definition) is 4. The monoisotopic (exact) mass is 339 g/mol. The topological polar surface area (TPSA) is 88.6 Å². The average molecular weight is 340 g/mol. The first-order valence-corrected chi connectivity index (χ1v) is 7.57. The Morgan fingerprint density at radius 2 is 2.17 bits per heavy atom. The van der Waals surface area contributed by atoms with Crippen LogP contribution in [0.1, 0.15) is 29.2 Å². The summed E-state index contributed by atoms with van der Waals surface area (Å²) < 4.78 is 15.8. The fourth-order valence-corrected chi connectivity index (χ4v) is 2.84. The molecule has 0 aliphatic heterocycles. The van der Waals surface area contributed by atoms with Crippen molar-refractivity contribution in [3.63, 3.8) is 0 Å². The van der Waals surface area contributed by atoms with Crippen LogP contribution in [0, 0.1) is 0 Å². The van der Waals surface area contributed by atoms with Crippen molar-refractivity contribution in [3.05, 3.63) is 39.1 Å². The van der Waals surface area contributed by atoms with Crippen molar-refractivity contribution in [2.45, 2.75) is 18.9 Å². The van der Waals surface area contributed by atoms with Gasteiger partial charge in [-0.2, -0.15) is 0 Å². The van der Waals surface area contributed by atoms with Gasteiger partial charge in [-0.3, -0.25) is 4.79 Å². The van der Waals surface area contributed by atoms with Crippen LogP contribution < -0.4 is 16.3 Å². The molecule has 1 aliphatic rings. The third-order valence-corrected chi connectivity index (χ3v) is 4.16. The summed E-state index contributed by atoms with van der Waals surface area (Å²) in [4.78, 5) is 23.7. The number of pyridine rings is 1. The molecule has 0 atom stereocenters. The summed E-state index contributed by atoms with van der Waals surface area (Å²) in [5.74, 6) is -1.30. The zero-order valence-corrected chi connectivity index (χ0v) is 12.9. The Morgan fingerprint density at radius 1 is 1.48 bits per heavy atom. The molecule has 1 saturated carbocycles. The van der Waals surface area contributed by atoms with Crippen LogP contribution >= 0.6 is 11.6 Å². The summed E-state index contributed by atoms with van der Waals surface area (Å²) >= 11 is 6.13. The number of aromatic carboxylic acids is 1. The summed E-state index contributed by atoms with van der Waals surface area (Å²) in [7, 11) is 0. The Hall–Kier alpha value is -2.12. The minimum absolute atomic E-state index is 0.00611. The molecule has 3 N–H and O–H groups in total. The molecule has 1 aliphatic carbocycles. The van der Waals surface area contributed by atoms with Gasteiger partial charge in [-0.15, -0.1) is 0 Å². The molecule has 1 aromatic heterocycles. The highest BCUT2D eigenvalue weighted by Crippen LogP contribution is 2.39. The molecule has 3 rings (SSSR count). The van der Waals surface area contributed by atoms with Gasteiger partial charge in [0.05, 0.1) is 22.8 Å². The number of aromatic nitrogens is 1. The smallest absolute Gasteiger partial charge is 0.341 e. The second-order valence-corrected chi connectivity index (χ2v) is 5.92. The van der Waals surface area contributed by atoms with Crippen LogP contribution in [0.4, 0.5) is 10.2 Å². The number of benzene rings is 1. The Kier molecular flexibility index (Phi) is 3.99. The molecule has 2 aromatic rings. The van der Waals surface area contributed by atoms with Crippen molar-refractivity contribution < 1.29 is 14.4 Å². The average Bonchev–Trinajstić information content (AvgIpc) is 3.31. The molecule has 122 valence electrons. The second kappa shape index (κ2) is 5.82. The van der Waals surface area contributed by atoms with Crippen LogP contribution in [-0.4, -0.2) is 28.7 Å². The first-order chi connectivity index (χ1) is 10.9. The van der Waals surface area contributed by atoms with E-state index in [2.05, 4.69) is 0 Å². The lowest BCUT2D eigenvalue weighted by Gasteiger charge is -2.17. The number of fused-ring (bicyclic) bond motifs is 1. The van der Waals surface area contributed by atoms with Gasteiger partial charge in [0.25, 0.3) is 0 Å². The van der Waals surface area contributed by atoms with E-state index in [4.69, 9.17) is 17.3 Å². The molecule has 23 heavy (non-hydrogen) atoms. The zero-order valence-electron chi connectivity index (χ0n) is 12.1. The highest BCUT2D eigenvalue weighted by molar-refractivity contribution is 6.34. The summed E-state index contributed by atoms with van der Waals surface area (Å²) in [6, 6.07) is 2.94. The van der Waals surface area contributed by atoms with Crippen molar-refractivity contribution in [3.8, 4) is 0 Å². The number of carbonyl (C=O) groups is 1. The Morgan fingerprint density at radius 3 is 2.74 bits per heavy atom. The van der Waals surface area contributed by atoms with Gasteiger partial charge in [-0.1, -0.05) is 16.1 Å². The van der Waals surface area contributed by atoms with E-state index in [1.54, 1.807) is 4.57 Å². The Balaban J connectivity index is 2.30. The van der Waals surface area contributed by atoms with Crippen molar-refractivity contribution in [2.75, 3.05) is 18.2 Å². The van der Waals surface area contributed by atoms with Crippen molar-refractivity contribution >= 4 is 34.2 Å². The predicted octanol–water partition coefficient (Wildman–Crippen LogP) is 2.34. The highest BCUT2D eigenvalue weighted by Gasteiger charge is 2.27. The van der Waals surface area contributed by atoms with Gasteiger partial charge < -0.3 is 15.4 Å². The van der Waals surface area contributed by atoms with Gasteiger partial charge in [0.15, 0.2) is 0 Å². The first kappa shape index (κ1) is 15.8. The van der Waals surface area contributed by atoms with E-state index in [9.17, 15) is 19.2 Å². The molecular formula is C15H15ClFN3O3. The minimum atomic E-state index is -1.30. The zero-order chi connectivity index (χ0) is 16.7. The van der Waals surface area contributed by atoms with Crippen molar-refractivity contribution in [1.29, 1.82) is 0 Å². The summed E-state index contributed by atoms with van der Waals surface area (Å²) in [5.41, 5.74) is 4.86. The Bertz CT molecular complexity index is 848. The lowest BCUT2D eigenvalue weighted by atomic mass is 10.1. The van der Waals surface area contributed by atoms with E-state index in [0.29, 0.717) is 10.6 Å². The molecule has 1 heterocycles. The molecule has 0 saturated heterocycles. The second-order valence-electron chi connectivity index (χ2n) is 5.51. The van der Waals surface area contributed by atoms with Crippen molar-refractivity contribution in [1.82, 2.24) is 4.57 Å². The predicted molar refractivity (Wildman–Crippen MR) is 86.0 cm³/mol. The first-order valence-electron chi connectivity index (χ1n) is 7.19. The quantitative estimate of drug-likeness (QED) is 0.816. The number of rotatable bonds is 5. The lowest BCUT2D eigenvalue weighted by molar-refractivity contribution is 0.0695. The van der Waals surface area contributed by atoms with Gasteiger partial charge in [-0.25, -0.2) is 9.92 Å². The fraction of sp³-hybridized carbons (Fsp3) is 0.333. The van der Waals surface area contributed by atoms with Gasteiger partial charge in [0.2, 0.25) is 5.43 Å². The molecular weight excluding hydrogens is 325 g/mol.